The van der Waals surface area contributed by atoms with Gasteiger partial charge >= 0.3 is 0 Å². The first-order valence-electron chi connectivity index (χ1n) is 16.2. The number of methoxy groups -OCH3 is 1. The lowest BCUT2D eigenvalue weighted by atomic mass is 9.87. The number of nitrogens with one attached hydrogen (secondary N) is 2. The lowest BCUT2D eigenvalue weighted by Crippen LogP contribution is -2.48. The highest BCUT2D eigenvalue weighted by Gasteiger charge is 2.28. The predicted molar refractivity (Wildman–Crippen MR) is 180 cm³/mol. The van der Waals surface area contributed by atoms with Gasteiger partial charge in [0.15, 0.2) is 0 Å². The molecule has 2 aromatic carbocycles. The van der Waals surface area contributed by atoms with Crippen molar-refractivity contribution in [2.75, 3.05) is 38.8 Å². The molecule has 2 rings (SSSR count). The smallest absolute Gasteiger partial charge is 0.225 e. The van der Waals surface area contributed by atoms with Gasteiger partial charge in [0.05, 0.1) is 31.8 Å². The Hall–Kier alpha value is -2.65. The zero-order valence-corrected chi connectivity index (χ0v) is 28.4. The van der Waals surface area contributed by atoms with Crippen LogP contribution in [-0.4, -0.2) is 62.7 Å². The van der Waals surface area contributed by atoms with Crippen molar-refractivity contribution in [2.45, 2.75) is 104 Å². The second-order valence-electron chi connectivity index (χ2n) is 13.2. The van der Waals surface area contributed by atoms with Crippen LogP contribution in [0.3, 0.4) is 0 Å². The lowest BCUT2D eigenvalue weighted by Gasteiger charge is -2.29. The van der Waals surface area contributed by atoms with Gasteiger partial charge in [0.2, 0.25) is 5.91 Å². The monoisotopic (exact) mass is 613 g/mol. The summed E-state index contributed by atoms with van der Waals surface area (Å²) < 4.78 is 16.9. The zero-order chi connectivity index (χ0) is 32.7. The second kappa shape index (κ2) is 19.0. The third-order valence-corrected chi connectivity index (χ3v) is 8.31. The Morgan fingerprint density at radius 1 is 1.05 bits per heavy atom. The number of aryl methyl sites for hydroxylation is 1. The van der Waals surface area contributed by atoms with E-state index in [9.17, 15) is 9.90 Å². The number of nitrogens with two attached hydrogens (primary N) is 1. The third kappa shape index (κ3) is 13.1. The quantitative estimate of drug-likeness (QED) is 0.136. The van der Waals surface area contributed by atoms with Crippen LogP contribution in [0.2, 0.25) is 0 Å². The Morgan fingerprint density at radius 3 is 2.36 bits per heavy atom. The van der Waals surface area contributed by atoms with E-state index in [0.29, 0.717) is 45.8 Å². The van der Waals surface area contributed by atoms with E-state index in [4.69, 9.17) is 19.9 Å². The maximum Gasteiger partial charge on any atom is 0.225 e. The summed E-state index contributed by atoms with van der Waals surface area (Å²) in [5, 5.41) is 17.2. The van der Waals surface area contributed by atoms with Crippen LogP contribution in [0.1, 0.15) is 83.9 Å². The van der Waals surface area contributed by atoms with Crippen LogP contribution in [0.25, 0.3) is 0 Å². The minimum Gasteiger partial charge on any atom is -0.493 e. The van der Waals surface area contributed by atoms with E-state index >= 15 is 0 Å². The molecule has 248 valence electrons. The Labute approximate surface area is 266 Å². The highest BCUT2D eigenvalue weighted by molar-refractivity contribution is 5.79. The van der Waals surface area contributed by atoms with Gasteiger partial charge in [-0.2, -0.15) is 0 Å². The molecule has 1 amide bonds. The van der Waals surface area contributed by atoms with E-state index in [1.807, 2.05) is 25.1 Å². The molecule has 4 unspecified atom stereocenters. The van der Waals surface area contributed by atoms with Crippen molar-refractivity contribution in [1.82, 2.24) is 5.32 Å². The summed E-state index contributed by atoms with van der Waals surface area (Å²) in [5.74, 6) is 0.430. The molecule has 8 heteroatoms. The van der Waals surface area contributed by atoms with Crippen LogP contribution in [0.5, 0.6) is 5.75 Å². The van der Waals surface area contributed by atoms with Crippen molar-refractivity contribution in [1.29, 1.82) is 0 Å². The van der Waals surface area contributed by atoms with E-state index < -0.39 is 12.0 Å². The predicted octanol–water partition coefficient (Wildman–Crippen LogP) is 5.97. The number of anilines is 1. The first kappa shape index (κ1) is 37.5. The largest absolute Gasteiger partial charge is 0.493 e. The summed E-state index contributed by atoms with van der Waals surface area (Å²) in [6.07, 6.45) is 2.02. The van der Waals surface area contributed by atoms with Crippen molar-refractivity contribution < 1.29 is 24.1 Å². The molecule has 0 radical (unpaired) electrons. The Bertz CT molecular complexity index is 1100. The Morgan fingerprint density at radius 2 is 1.75 bits per heavy atom. The van der Waals surface area contributed by atoms with Crippen molar-refractivity contribution in [2.24, 2.45) is 17.6 Å². The molecule has 0 fully saturated rings. The van der Waals surface area contributed by atoms with E-state index in [1.165, 1.54) is 5.56 Å². The highest BCUT2D eigenvalue weighted by Crippen LogP contribution is 2.24. The Balaban J connectivity index is 1.86. The normalized spacial score (nSPS) is 15.2. The number of carbonyl (C=O) groups is 1. The molecule has 0 aliphatic carbocycles. The second-order valence-corrected chi connectivity index (χ2v) is 13.2. The molecular formula is C36H59N3O5. The topological polar surface area (TPSA) is 115 Å². The molecule has 2 aromatic rings. The van der Waals surface area contributed by atoms with Crippen LogP contribution in [0.15, 0.2) is 42.5 Å². The molecule has 0 heterocycles. The number of amides is 1. The summed E-state index contributed by atoms with van der Waals surface area (Å²) >= 11 is 0. The molecule has 0 bridgehead atoms. The fourth-order valence-corrected chi connectivity index (χ4v) is 4.96. The summed E-state index contributed by atoms with van der Waals surface area (Å²) in [5.41, 5.74) is 10.9. The van der Waals surface area contributed by atoms with E-state index in [0.717, 1.165) is 35.4 Å². The SMILES string of the molecule is CCC(C)C(CNc1ccc(C(C)(C)C)cc1)NC(=O)[C@@H](CCC(N)COCc1ccc(C)c(OCCCOC)c1)C(C)O. The van der Waals surface area contributed by atoms with Crippen LogP contribution < -0.4 is 21.1 Å². The number of carbonyl (C=O) groups excluding carboxylic acids is 1. The number of rotatable bonds is 20. The van der Waals surface area contributed by atoms with Gasteiger partial charge < -0.3 is 35.7 Å². The molecule has 5 N–H and O–H groups in total. The molecule has 0 aliphatic heterocycles. The lowest BCUT2D eigenvalue weighted by molar-refractivity contribution is -0.129. The number of benzene rings is 2. The van der Waals surface area contributed by atoms with Gasteiger partial charge in [-0.05, 0) is 72.9 Å². The fraction of sp³-hybridized carbons (Fsp3) is 0.639. The molecule has 5 atom stereocenters. The van der Waals surface area contributed by atoms with Gasteiger partial charge in [0.25, 0.3) is 0 Å². The maximum atomic E-state index is 13.4. The molecule has 0 aliphatic rings. The van der Waals surface area contributed by atoms with E-state index in [2.05, 4.69) is 69.5 Å². The van der Waals surface area contributed by atoms with Crippen molar-refractivity contribution in [3.63, 3.8) is 0 Å². The molecule has 0 saturated heterocycles. The standard InChI is InChI=1S/C36H59N3O5/c1-9-25(2)33(22-38-31-16-13-29(14-17-31)36(5,6)7)39-35(41)32(27(4)40)18-15-30(37)24-43-23-28-12-11-26(3)34(21-28)44-20-10-19-42-8/h11-14,16-17,21,25,27,30,32-33,38,40H,9-10,15,18-20,22-24,37H2,1-8H3,(H,39,41)/t25?,27?,30?,32-,33?/m0/s1. The minimum atomic E-state index is -0.784. The summed E-state index contributed by atoms with van der Waals surface area (Å²) in [6, 6.07) is 14.2. The average Bonchev–Trinajstić information content (AvgIpc) is 2.98. The number of ether oxygens (including phenoxy) is 3. The maximum absolute atomic E-state index is 13.4. The van der Waals surface area contributed by atoms with Gasteiger partial charge in [-0.3, -0.25) is 4.79 Å². The Kier molecular flexibility index (Phi) is 16.2. The van der Waals surface area contributed by atoms with Crippen LogP contribution in [0.4, 0.5) is 5.69 Å². The summed E-state index contributed by atoms with van der Waals surface area (Å²) in [6.45, 7) is 17.2. The fourth-order valence-electron chi connectivity index (χ4n) is 4.96. The minimum absolute atomic E-state index is 0.0728. The molecule has 0 saturated carbocycles. The van der Waals surface area contributed by atoms with Crippen molar-refractivity contribution in [3.05, 3.63) is 59.2 Å². The number of aliphatic hydroxyl groups excluding tert-OH is 1. The molecule has 8 nitrogen and oxygen atoms in total. The average molecular weight is 614 g/mol. The first-order chi connectivity index (χ1) is 20.8. The third-order valence-electron chi connectivity index (χ3n) is 8.31. The van der Waals surface area contributed by atoms with E-state index in [-0.39, 0.29) is 29.3 Å². The molecular weight excluding hydrogens is 554 g/mol. The van der Waals surface area contributed by atoms with Gasteiger partial charge in [-0.25, -0.2) is 0 Å². The van der Waals surface area contributed by atoms with Crippen molar-refractivity contribution >= 4 is 11.6 Å². The van der Waals surface area contributed by atoms with E-state index in [1.54, 1.807) is 14.0 Å². The number of aliphatic hydroxyl groups is 1. The van der Waals surface area contributed by atoms with Gasteiger partial charge in [-0.1, -0.05) is 65.3 Å². The molecule has 0 aromatic heterocycles. The molecule has 44 heavy (non-hydrogen) atoms. The summed E-state index contributed by atoms with van der Waals surface area (Å²) in [4.78, 5) is 13.4. The van der Waals surface area contributed by atoms with Gasteiger partial charge in [-0.15, -0.1) is 0 Å². The van der Waals surface area contributed by atoms with Crippen LogP contribution in [0, 0.1) is 18.8 Å². The zero-order valence-electron chi connectivity index (χ0n) is 28.4. The first-order valence-corrected chi connectivity index (χ1v) is 16.2. The number of hydrogen-bond acceptors (Lipinski definition) is 7. The number of hydrogen-bond donors (Lipinski definition) is 4. The van der Waals surface area contributed by atoms with Crippen molar-refractivity contribution in [3.8, 4) is 5.75 Å². The highest BCUT2D eigenvalue weighted by atomic mass is 16.5. The molecule has 0 spiro atoms. The van der Waals surface area contributed by atoms with Crippen LogP contribution >= 0.6 is 0 Å². The van der Waals surface area contributed by atoms with Gasteiger partial charge in [0.1, 0.15) is 5.75 Å². The van der Waals surface area contributed by atoms with Crippen LogP contribution in [-0.2, 0) is 26.3 Å². The summed E-state index contributed by atoms with van der Waals surface area (Å²) in [7, 11) is 1.68. The van der Waals surface area contributed by atoms with Gasteiger partial charge in [0, 0.05) is 44.5 Å².